The molecule has 0 aliphatic heterocycles. The van der Waals surface area contributed by atoms with Gasteiger partial charge in [-0.15, -0.1) is 0 Å². The van der Waals surface area contributed by atoms with E-state index in [1.165, 1.54) is 0 Å². The van der Waals surface area contributed by atoms with Crippen LogP contribution in [0.1, 0.15) is 44.3 Å². The molecule has 5 nitrogen and oxygen atoms in total. The van der Waals surface area contributed by atoms with E-state index in [1.54, 1.807) is 6.07 Å². The van der Waals surface area contributed by atoms with E-state index in [9.17, 15) is 4.79 Å². The average molecular weight is 251 g/mol. The summed E-state index contributed by atoms with van der Waals surface area (Å²) < 4.78 is 5.71. The first-order valence-electron chi connectivity index (χ1n) is 6.67. The molecule has 1 unspecified atom stereocenters. The third-order valence-electron chi connectivity index (χ3n) is 3.04. The average Bonchev–Trinajstić information content (AvgIpc) is 3.17. The predicted molar refractivity (Wildman–Crippen MR) is 69.3 cm³/mol. The maximum Gasteiger partial charge on any atom is 0.251 e. The summed E-state index contributed by atoms with van der Waals surface area (Å²) in [5, 5.41) is 3.18. The number of H-pyrrole nitrogens is 1. The van der Waals surface area contributed by atoms with Crippen molar-refractivity contribution in [3.05, 3.63) is 27.9 Å². The van der Waals surface area contributed by atoms with Crippen LogP contribution in [-0.2, 0) is 11.3 Å². The van der Waals surface area contributed by atoms with Crippen molar-refractivity contribution in [3.8, 4) is 0 Å². The molecule has 2 N–H and O–H groups in total. The van der Waals surface area contributed by atoms with Crippen LogP contribution in [0.3, 0.4) is 0 Å². The molecule has 0 bridgehead atoms. The highest BCUT2D eigenvalue weighted by Gasteiger charge is 2.34. The Balaban J connectivity index is 2.19. The fourth-order valence-electron chi connectivity index (χ4n) is 2.02. The van der Waals surface area contributed by atoms with E-state index in [1.807, 2.05) is 13.8 Å². The summed E-state index contributed by atoms with van der Waals surface area (Å²) in [6, 6.07) is 1.54. The molecule has 1 aliphatic rings. The third-order valence-corrected chi connectivity index (χ3v) is 3.04. The number of aromatic nitrogens is 2. The Hall–Kier alpha value is -1.20. The molecule has 1 aliphatic carbocycles. The molecular weight excluding hydrogens is 230 g/mol. The lowest BCUT2D eigenvalue weighted by atomic mass is 10.2. The molecule has 2 rings (SSSR count). The predicted octanol–water partition coefficient (Wildman–Crippen LogP) is 1.37. The first-order valence-corrected chi connectivity index (χ1v) is 6.67. The van der Waals surface area contributed by atoms with Gasteiger partial charge in [-0.3, -0.25) is 4.79 Å². The monoisotopic (exact) mass is 251 g/mol. The molecule has 1 heterocycles. The van der Waals surface area contributed by atoms with Crippen molar-refractivity contribution in [3.63, 3.8) is 0 Å². The van der Waals surface area contributed by atoms with Crippen molar-refractivity contribution in [1.29, 1.82) is 0 Å². The normalized spacial score (nSPS) is 16.8. The number of rotatable bonds is 7. The molecule has 0 aromatic carbocycles. The number of nitrogens with one attached hydrogen (secondary N) is 2. The minimum absolute atomic E-state index is 0.0516. The third kappa shape index (κ3) is 3.40. The van der Waals surface area contributed by atoms with Gasteiger partial charge >= 0.3 is 0 Å². The molecule has 1 fully saturated rings. The van der Waals surface area contributed by atoms with Crippen molar-refractivity contribution >= 4 is 0 Å². The SMILES string of the molecule is CCNCc1cc(=O)[nH]c(C(OCC)C2CC2)n1. The zero-order valence-electron chi connectivity index (χ0n) is 11.0. The zero-order valence-corrected chi connectivity index (χ0v) is 11.0. The summed E-state index contributed by atoms with van der Waals surface area (Å²) in [7, 11) is 0. The highest BCUT2D eigenvalue weighted by atomic mass is 16.5. The van der Waals surface area contributed by atoms with Crippen molar-refractivity contribution in [2.45, 2.75) is 39.3 Å². The Labute approximate surface area is 107 Å². The van der Waals surface area contributed by atoms with Gasteiger partial charge in [-0.1, -0.05) is 6.92 Å². The van der Waals surface area contributed by atoms with Crippen LogP contribution in [0.5, 0.6) is 0 Å². The van der Waals surface area contributed by atoms with E-state index < -0.39 is 0 Å². The van der Waals surface area contributed by atoms with Gasteiger partial charge in [0.15, 0.2) is 0 Å². The Morgan fingerprint density at radius 3 is 2.94 bits per heavy atom. The van der Waals surface area contributed by atoms with Crippen molar-refractivity contribution in [2.24, 2.45) is 5.92 Å². The summed E-state index contributed by atoms with van der Waals surface area (Å²) in [4.78, 5) is 19.0. The molecule has 18 heavy (non-hydrogen) atoms. The van der Waals surface area contributed by atoms with Crippen LogP contribution in [-0.4, -0.2) is 23.1 Å². The maximum atomic E-state index is 11.6. The summed E-state index contributed by atoms with van der Waals surface area (Å²) >= 11 is 0. The van der Waals surface area contributed by atoms with Gasteiger partial charge in [-0.25, -0.2) is 4.98 Å². The molecule has 100 valence electrons. The van der Waals surface area contributed by atoms with Gasteiger partial charge in [0.2, 0.25) is 0 Å². The summed E-state index contributed by atoms with van der Waals surface area (Å²) in [5.74, 6) is 1.20. The molecule has 1 aromatic heterocycles. The van der Waals surface area contributed by atoms with Gasteiger partial charge in [-0.05, 0) is 32.2 Å². The van der Waals surface area contributed by atoms with Gasteiger partial charge in [0.25, 0.3) is 5.56 Å². The molecular formula is C13H21N3O2. The highest BCUT2D eigenvalue weighted by molar-refractivity contribution is 5.07. The number of hydrogen-bond donors (Lipinski definition) is 2. The van der Waals surface area contributed by atoms with Crippen LogP contribution in [0.2, 0.25) is 0 Å². The van der Waals surface area contributed by atoms with Crippen molar-refractivity contribution in [2.75, 3.05) is 13.2 Å². The Morgan fingerprint density at radius 1 is 1.56 bits per heavy atom. The molecule has 1 aromatic rings. The second kappa shape index (κ2) is 6.11. The lowest BCUT2D eigenvalue weighted by Gasteiger charge is -2.16. The van der Waals surface area contributed by atoms with Crippen molar-refractivity contribution < 1.29 is 4.74 Å². The quantitative estimate of drug-likeness (QED) is 0.768. The van der Waals surface area contributed by atoms with E-state index in [0.29, 0.717) is 24.9 Å². The van der Waals surface area contributed by atoms with Crippen LogP contribution in [0.4, 0.5) is 0 Å². The van der Waals surface area contributed by atoms with Crippen LogP contribution in [0.25, 0.3) is 0 Å². The van der Waals surface area contributed by atoms with Crippen LogP contribution in [0.15, 0.2) is 10.9 Å². The fraction of sp³-hybridized carbons (Fsp3) is 0.692. The Kier molecular flexibility index (Phi) is 4.49. The molecule has 5 heteroatoms. The van der Waals surface area contributed by atoms with Crippen LogP contribution < -0.4 is 10.9 Å². The molecule has 0 spiro atoms. The summed E-state index contributed by atoms with van der Waals surface area (Å²) in [6.45, 7) is 6.12. The van der Waals surface area contributed by atoms with E-state index >= 15 is 0 Å². The number of ether oxygens (including phenoxy) is 1. The van der Waals surface area contributed by atoms with Crippen LogP contribution in [0, 0.1) is 5.92 Å². The molecule has 0 radical (unpaired) electrons. The molecule has 0 saturated heterocycles. The molecule has 1 saturated carbocycles. The van der Waals surface area contributed by atoms with Gasteiger partial charge < -0.3 is 15.0 Å². The first kappa shape index (κ1) is 13.2. The second-order valence-corrected chi connectivity index (χ2v) is 4.62. The lowest BCUT2D eigenvalue weighted by Crippen LogP contribution is -2.21. The summed E-state index contributed by atoms with van der Waals surface area (Å²) in [6.07, 6.45) is 2.27. The standard InChI is InChI=1S/C13H21N3O2/c1-3-14-8-10-7-11(17)16-13(15-10)12(18-4-2)9-5-6-9/h7,9,12,14H,3-6,8H2,1-2H3,(H,15,16,17). The Bertz CT molecular complexity index is 440. The topological polar surface area (TPSA) is 67.0 Å². The number of hydrogen-bond acceptors (Lipinski definition) is 4. The summed E-state index contributed by atoms with van der Waals surface area (Å²) in [5.41, 5.74) is 0.680. The Morgan fingerprint density at radius 2 is 2.33 bits per heavy atom. The van der Waals surface area contributed by atoms with Gasteiger partial charge in [0, 0.05) is 19.2 Å². The zero-order chi connectivity index (χ0) is 13.0. The minimum atomic E-state index is -0.0988. The van der Waals surface area contributed by atoms with E-state index in [4.69, 9.17) is 4.74 Å². The number of nitrogens with zero attached hydrogens (tertiary/aromatic N) is 1. The number of aromatic amines is 1. The lowest BCUT2D eigenvalue weighted by molar-refractivity contribution is 0.0397. The minimum Gasteiger partial charge on any atom is -0.370 e. The van der Waals surface area contributed by atoms with Gasteiger partial charge in [0.1, 0.15) is 11.9 Å². The van der Waals surface area contributed by atoms with Crippen LogP contribution >= 0.6 is 0 Å². The van der Waals surface area contributed by atoms with Gasteiger partial charge in [0.05, 0.1) is 5.69 Å². The smallest absolute Gasteiger partial charge is 0.251 e. The molecule has 0 amide bonds. The molecule has 1 atom stereocenters. The van der Waals surface area contributed by atoms with E-state index in [0.717, 1.165) is 25.1 Å². The second-order valence-electron chi connectivity index (χ2n) is 4.62. The fourth-order valence-corrected chi connectivity index (χ4v) is 2.02. The maximum absolute atomic E-state index is 11.6. The highest BCUT2D eigenvalue weighted by Crippen LogP contribution is 2.41. The largest absolute Gasteiger partial charge is 0.370 e. The van der Waals surface area contributed by atoms with Gasteiger partial charge in [-0.2, -0.15) is 0 Å². The van der Waals surface area contributed by atoms with E-state index in [-0.39, 0.29) is 11.7 Å². The van der Waals surface area contributed by atoms with E-state index in [2.05, 4.69) is 15.3 Å². The first-order chi connectivity index (χ1) is 8.74. The van der Waals surface area contributed by atoms with Crippen molar-refractivity contribution in [1.82, 2.24) is 15.3 Å².